The van der Waals surface area contributed by atoms with Crippen molar-refractivity contribution in [2.45, 2.75) is 10.9 Å². The van der Waals surface area contributed by atoms with E-state index in [0.29, 0.717) is 24.0 Å². The minimum Gasteiger partial charge on any atom is -0.493 e. The molecule has 2 atom stereocenters. The molecule has 1 fully saturated rings. The number of benzene rings is 3. The fourth-order valence-corrected chi connectivity index (χ4v) is 4.77. The Labute approximate surface area is 172 Å². The van der Waals surface area contributed by atoms with Crippen LogP contribution in [0.5, 0.6) is 5.75 Å². The Hall–Kier alpha value is -2.21. The molecule has 0 N–H and O–H groups in total. The van der Waals surface area contributed by atoms with Gasteiger partial charge in [0.2, 0.25) is 0 Å². The molecule has 0 bridgehead atoms. The average Bonchev–Trinajstić information content (AvgIpc) is 3.17. The van der Waals surface area contributed by atoms with Crippen molar-refractivity contribution in [3.8, 4) is 5.75 Å². The number of amides is 1. The number of carbonyl (C=O) groups excluding carboxylic acids is 1. The maximum Gasteiger partial charge on any atom is 0.257 e. The first-order valence-corrected chi connectivity index (χ1v) is 10.5. The first-order valence-electron chi connectivity index (χ1n) is 9.18. The SMILES string of the molecule is O=C(CSc1ccc(Cl)cc1)N1OC[C@@H]2COc3ccc4ccccc4c3[C@H]21. The molecule has 0 aromatic heterocycles. The third kappa shape index (κ3) is 3.13. The Morgan fingerprint density at radius 1 is 1.07 bits per heavy atom. The summed E-state index contributed by atoms with van der Waals surface area (Å²) in [6, 6.07) is 19.7. The van der Waals surface area contributed by atoms with E-state index >= 15 is 0 Å². The van der Waals surface area contributed by atoms with E-state index in [1.807, 2.05) is 42.5 Å². The predicted molar refractivity (Wildman–Crippen MR) is 111 cm³/mol. The van der Waals surface area contributed by atoms with Crippen LogP contribution >= 0.6 is 23.4 Å². The number of ether oxygens (including phenoxy) is 1. The zero-order valence-electron chi connectivity index (χ0n) is 15.0. The van der Waals surface area contributed by atoms with Crippen molar-refractivity contribution in [3.05, 3.63) is 71.2 Å². The lowest BCUT2D eigenvalue weighted by Crippen LogP contribution is -2.36. The Bertz CT molecular complexity index is 1040. The number of fused-ring (bicyclic) bond motifs is 5. The van der Waals surface area contributed by atoms with Crippen LogP contribution in [0.4, 0.5) is 0 Å². The first kappa shape index (κ1) is 17.9. The quantitative estimate of drug-likeness (QED) is 0.561. The van der Waals surface area contributed by atoms with Crippen LogP contribution < -0.4 is 4.74 Å². The number of thioether (sulfide) groups is 1. The smallest absolute Gasteiger partial charge is 0.257 e. The molecule has 3 aromatic rings. The molecule has 4 nitrogen and oxygen atoms in total. The molecule has 2 heterocycles. The molecule has 5 rings (SSSR count). The first-order chi connectivity index (χ1) is 13.7. The van der Waals surface area contributed by atoms with E-state index in [1.54, 1.807) is 5.06 Å². The van der Waals surface area contributed by atoms with Crippen LogP contribution in [0.15, 0.2) is 65.6 Å². The van der Waals surface area contributed by atoms with Gasteiger partial charge in [0.15, 0.2) is 0 Å². The third-order valence-electron chi connectivity index (χ3n) is 5.23. The van der Waals surface area contributed by atoms with Gasteiger partial charge < -0.3 is 4.74 Å². The van der Waals surface area contributed by atoms with E-state index in [2.05, 4.69) is 18.2 Å². The second-order valence-corrected chi connectivity index (χ2v) is 8.46. The minimum absolute atomic E-state index is 0.0340. The highest BCUT2D eigenvalue weighted by atomic mass is 35.5. The normalized spacial score (nSPS) is 20.5. The summed E-state index contributed by atoms with van der Waals surface area (Å²) in [7, 11) is 0. The van der Waals surface area contributed by atoms with Gasteiger partial charge in [0.1, 0.15) is 5.75 Å². The maximum absolute atomic E-state index is 13.0. The standard InChI is InChI=1S/C22H18ClNO3S/c23-16-6-8-17(9-7-16)28-13-20(25)24-22-15(12-27-24)11-26-19-10-5-14-3-1-2-4-18(14)21(19)22/h1-10,15,22H,11-13H2/t15-,22-/m0/s1. The Kier molecular flexibility index (Phi) is 4.67. The second-order valence-electron chi connectivity index (χ2n) is 6.97. The number of rotatable bonds is 3. The molecule has 2 aliphatic heterocycles. The minimum atomic E-state index is -0.117. The number of hydroxylamine groups is 2. The molecule has 0 aliphatic carbocycles. The molecule has 0 spiro atoms. The summed E-state index contributed by atoms with van der Waals surface area (Å²) in [5.41, 5.74) is 1.05. The summed E-state index contributed by atoms with van der Waals surface area (Å²) in [6.45, 7) is 1.05. The van der Waals surface area contributed by atoms with Gasteiger partial charge in [-0.15, -0.1) is 11.8 Å². The topological polar surface area (TPSA) is 38.8 Å². The molecule has 2 aliphatic rings. The Balaban J connectivity index is 1.43. The van der Waals surface area contributed by atoms with Gasteiger partial charge in [-0.25, -0.2) is 5.06 Å². The van der Waals surface area contributed by atoms with Crippen molar-refractivity contribution in [1.29, 1.82) is 0 Å². The van der Waals surface area contributed by atoms with Gasteiger partial charge in [-0.05, 0) is 41.1 Å². The average molecular weight is 412 g/mol. The second kappa shape index (κ2) is 7.32. The summed E-state index contributed by atoms with van der Waals surface area (Å²) >= 11 is 7.42. The van der Waals surface area contributed by atoms with Crippen LogP contribution in [0.25, 0.3) is 10.8 Å². The van der Waals surface area contributed by atoms with Crippen molar-refractivity contribution in [2.24, 2.45) is 5.92 Å². The summed E-state index contributed by atoms with van der Waals surface area (Å²) in [6.07, 6.45) is 0. The third-order valence-corrected chi connectivity index (χ3v) is 6.48. The van der Waals surface area contributed by atoms with Crippen molar-refractivity contribution in [3.63, 3.8) is 0 Å². The van der Waals surface area contributed by atoms with E-state index in [-0.39, 0.29) is 17.9 Å². The van der Waals surface area contributed by atoms with E-state index in [4.69, 9.17) is 21.2 Å². The van der Waals surface area contributed by atoms with Gasteiger partial charge in [0.25, 0.3) is 5.91 Å². The lowest BCUT2D eigenvalue weighted by molar-refractivity contribution is -0.174. The maximum atomic E-state index is 13.0. The number of nitrogens with zero attached hydrogens (tertiary/aromatic N) is 1. The van der Waals surface area contributed by atoms with Gasteiger partial charge in [-0.3, -0.25) is 9.63 Å². The molecule has 6 heteroatoms. The zero-order chi connectivity index (χ0) is 19.1. The number of carbonyl (C=O) groups is 1. The molecule has 0 radical (unpaired) electrons. The van der Waals surface area contributed by atoms with E-state index in [0.717, 1.165) is 27.0 Å². The van der Waals surface area contributed by atoms with Crippen LogP contribution in [0.3, 0.4) is 0 Å². The van der Waals surface area contributed by atoms with Gasteiger partial charge in [-0.1, -0.05) is 41.9 Å². The van der Waals surface area contributed by atoms with Crippen molar-refractivity contribution in [1.82, 2.24) is 5.06 Å². The highest BCUT2D eigenvalue weighted by Gasteiger charge is 2.44. The number of halogens is 1. The summed E-state index contributed by atoms with van der Waals surface area (Å²) in [4.78, 5) is 19.8. The molecule has 3 aromatic carbocycles. The lowest BCUT2D eigenvalue weighted by Gasteiger charge is -2.32. The fraction of sp³-hybridized carbons (Fsp3) is 0.227. The van der Waals surface area contributed by atoms with Crippen molar-refractivity contribution >= 4 is 40.0 Å². The van der Waals surface area contributed by atoms with Crippen molar-refractivity contribution < 1.29 is 14.4 Å². The summed E-state index contributed by atoms with van der Waals surface area (Å²) in [5.74, 6) is 1.26. The molecule has 0 unspecified atom stereocenters. The van der Waals surface area contributed by atoms with Crippen LogP contribution in [-0.2, 0) is 9.63 Å². The molecular weight excluding hydrogens is 394 g/mol. The van der Waals surface area contributed by atoms with Crippen LogP contribution in [0, 0.1) is 5.92 Å². The van der Waals surface area contributed by atoms with Crippen LogP contribution in [0.1, 0.15) is 11.6 Å². The van der Waals surface area contributed by atoms with E-state index < -0.39 is 0 Å². The largest absolute Gasteiger partial charge is 0.493 e. The molecular formula is C22H18ClNO3S. The van der Waals surface area contributed by atoms with Crippen LogP contribution in [0.2, 0.25) is 5.02 Å². The Morgan fingerprint density at radius 2 is 1.89 bits per heavy atom. The summed E-state index contributed by atoms with van der Waals surface area (Å²) < 4.78 is 5.98. The zero-order valence-corrected chi connectivity index (χ0v) is 16.6. The molecule has 1 amide bonds. The summed E-state index contributed by atoms with van der Waals surface area (Å²) in [5, 5.41) is 4.51. The predicted octanol–water partition coefficient (Wildman–Crippen LogP) is 5.11. The van der Waals surface area contributed by atoms with E-state index in [1.165, 1.54) is 11.8 Å². The number of hydrogen-bond donors (Lipinski definition) is 0. The molecule has 0 saturated carbocycles. The fourth-order valence-electron chi connectivity index (χ4n) is 3.90. The highest BCUT2D eigenvalue weighted by molar-refractivity contribution is 8.00. The number of hydrogen-bond acceptors (Lipinski definition) is 4. The Morgan fingerprint density at radius 3 is 2.75 bits per heavy atom. The lowest BCUT2D eigenvalue weighted by atomic mass is 9.88. The van der Waals surface area contributed by atoms with Gasteiger partial charge in [0, 0.05) is 21.4 Å². The van der Waals surface area contributed by atoms with Gasteiger partial charge in [-0.2, -0.15) is 0 Å². The van der Waals surface area contributed by atoms with Gasteiger partial charge >= 0.3 is 0 Å². The molecule has 142 valence electrons. The highest BCUT2D eigenvalue weighted by Crippen LogP contribution is 2.46. The monoisotopic (exact) mass is 411 g/mol. The molecule has 28 heavy (non-hydrogen) atoms. The van der Waals surface area contributed by atoms with Crippen LogP contribution in [-0.4, -0.2) is 29.9 Å². The molecule has 1 saturated heterocycles. The van der Waals surface area contributed by atoms with Crippen molar-refractivity contribution in [2.75, 3.05) is 19.0 Å². The van der Waals surface area contributed by atoms with Gasteiger partial charge in [0.05, 0.1) is 25.0 Å². The van der Waals surface area contributed by atoms with E-state index in [9.17, 15) is 4.79 Å².